The van der Waals surface area contributed by atoms with Gasteiger partial charge in [-0.3, -0.25) is 0 Å². The summed E-state index contributed by atoms with van der Waals surface area (Å²) in [5, 5.41) is 18.1. The number of aliphatic carboxylic acids is 1. The third-order valence-electron chi connectivity index (χ3n) is 0.580. The second-order valence-corrected chi connectivity index (χ2v) is 1.69. The van der Waals surface area contributed by atoms with Crippen LogP contribution in [0.5, 0.6) is 0 Å². The first-order valence-electron chi connectivity index (χ1n) is 2.10. The first-order chi connectivity index (χ1) is 3.66. The Morgan fingerprint density at radius 1 is 1.88 bits per heavy atom. The van der Waals surface area contributed by atoms with Gasteiger partial charge in [0, 0.05) is 18.3 Å². The SMILES string of the molecule is O=C([O-])C[C@H](O)CCl. The van der Waals surface area contributed by atoms with Gasteiger partial charge in [-0.1, -0.05) is 0 Å². The number of hydrogen-bond donors (Lipinski definition) is 1. The third-order valence-corrected chi connectivity index (χ3v) is 0.937. The van der Waals surface area contributed by atoms with Crippen LogP contribution in [0.25, 0.3) is 0 Å². The van der Waals surface area contributed by atoms with Crippen molar-refractivity contribution in [3.63, 3.8) is 0 Å². The Kier molecular flexibility index (Phi) is 3.56. The first-order valence-corrected chi connectivity index (χ1v) is 2.64. The maximum atomic E-state index is 9.64. The van der Waals surface area contributed by atoms with E-state index >= 15 is 0 Å². The molecule has 0 amide bonds. The van der Waals surface area contributed by atoms with E-state index in [1.807, 2.05) is 0 Å². The molecule has 0 aliphatic rings. The van der Waals surface area contributed by atoms with Crippen molar-refractivity contribution in [3.05, 3.63) is 0 Å². The summed E-state index contributed by atoms with van der Waals surface area (Å²) in [6.07, 6.45) is -1.36. The summed E-state index contributed by atoms with van der Waals surface area (Å²) in [7, 11) is 0. The van der Waals surface area contributed by atoms with Crippen molar-refractivity contribution in [2.45, 2.75) is 12.5 Å². The average molecular weight is 138 g/mol. The molecule has 0 aromatic rings. The smallest absolute Gasteiger partial charge is 0.0727 e. The highest BCUT2D eigenvalue weighted by Crippen LogP contribution is 1.91. The van der Waals surface area contributed by atoms with Crippen molar-refractivity contribution in [1.82, 2.24) is 0 Å². The lowest BCUT2D eigenvalue weighted by atomic mass is 10.3. The van der Waals surface area contributed by atoms with Gasteiger partial charge < -0.3 is 15.0 Å². The number of halogens is 1. The number of hydrogen-bond acceptors (Lipinski definition) is 3. The van der Waals surface area contributed by atoms with Gasteiger partial charge in [0.15, 0.2) is 0 Å². The Bertz CT molecular complexity index is 83.4. The minimum absolute atomic E-state index is 0.0615. The number of alkyl halides is 1. The van der Waals surface area contributed by atoms with Crippen LogP contribution in [0.2, 0.25) is 0 Å². The van der Waals surface area contributed by atoms with E-state index in [2.05, 4.69) is 0 Å². The molecule has 0 rings (SSSR count). The summed E-state index contributed by atoms with van der Waals surface area (Å²) in [5.74, 6) is -1.34. The monoisotopic (exact) mass is 137 g/mol. The molecule has 1 N–H and O–H groups in total. The standard InChI is InChI=1S/C4H7ClO3/c5-2-3(6)1-4(7)8/h3,6H,1-2H2,(H,7,8)/p-1/t3-/m0/s1. The predicted molar refractivity (Wildman–Crippen MR) is 26.4 cm³/mol. The summed E-state index contributed by atoms with van der Waals surface area (Å²) in [4.78, 5) is 9.64. The van der Waals surface area contributed by atoms with Crippen molar-refractivity contribution < 1.29 is 15.0 Å². The van der Waals surface area contributed by atoms with E-state index in [0.29, 0.717) is 0 Å². The van der Waals surface area contributed by atoms with E-state index in [0.717, 1.165) is 0 Å². The summed E-state index contributed by atoms with van der Waals surface area (Å²) in [5.41, 5.74) is 0. The predicted octanol–water partition coefficient (Wildman–Crippen LogP) is -1.27. The Labute approximate surface area is 51.9 Å². The first kappa shape index (κ1) is 7.72. The quantitative estimate of drug-likeness (QED) is 0.494. The van der Waals surface area contributed by atoms with Gasteiger partial charge in [0.1, 0.15) is 0 Å². The zero-order valence-corrected chi connectivity index (χ0v) is 4.89. The Morgan fingerprint density at radius 3 is 2.50 bits per heavy atom. The zero-order valence-electron chi connectivity index (χ0n) is 4.13. The van der Waals surface area contributed by atoms with Crippen LogP contribution in [0.15, 0.2) is 0 Å². The minimum atomic E-state index is -1.28. The molecule has 0 bridgehead atoms. The van der Waals surface area contributed by atoms with Gasteiger partial charge in [0.2, 0.25) is 0 Å². The van der Waals surface area contributed by atoms with Gasteiger partial charge in [0.05, 0.1) is 6.10 Å². The van der Waals surface area contributed by atoms with Crippen molar-refractivity contribution in [2.24, 2.45) is 0 Å². The molecule has 48 valence electrons. The molecule has 8 heavy (non-hydrogen) atoms. The van der Waals surface area contributed by atoms with E-state index in [1.165, 1.54) is 0 Å². The van der Waals surface area contributed by atoms with E-state index in [-0.39, 0.29) is 12.3 Å². The van der Waals surface area contributed by atoms with E-state index in [9.17, 15) is 9.90 Å². The fourth-order valence-electron chi connectivity index (χ4n) is 0.247. The Hall–Kier alpha value is -0.280. The fourth-order valence-corrected chi connectivity index (χ4v) is 0.356. The van der Waals surface area contributed by atoms with Crippen molar-refractivity contribution in [2.75, 3.05) is 5.88 Å². The third kappa shape index (κ3) is 3.89. The lowest BCUT2D eigenvalue weighted by molar-refractivity contribution is -0.307. The molecule has 0 saturated heterocycles. The van der Waals surface area contributed by atoms with Gasteiger partial charge in [0.25, 0.3) is 0 Å². The lowest BCUT2D eigenvalue weighted by Gasteiger charge is -2.04. The van der Waals surface area contributed by atoms with Gasteiger partial charge in [-0.25, -0.2) is 0 Å². The van der Waals surface area contributed by atoms with Crippen LogP contribution in [0, 0.1) is 0 Å². The molecule has 0 spiro atoms. The summed E-state index contributed by atoms with van der Waals surface area (Å²) < 4.78 is 0. The highest BCUT2D eigenvalue weighted by molar-refractivity contribution is 6.18. The second-order valence-electron chi connectivity index (χ2n) is 1.38. The molecule has 0 unspecified atom stereocenters. The van der Waals surface area contributed by atoms with Crippen LogP contribution < -0.4 is 5.11 Å². The molecule has 3 nitrogen and oxygen atoms in total. The Balaban J connectivity index is 3.24. The van der Waals surface area contributed by atoms with Crippen LogP contribution >= 0.6 is 11.6 Å². The molecule has 0 saturated carbocycles. The van der Waals surface area contributed by atoms with Crippen molar-refractivity contribution >= 4 is 17.6 Å². The number of carbonyl (C=O) groups is 1. The topological polar surface area (TPSA) is 60.4 Å². The molecular weight excluding hydrogens is 131 g/mol. The van der Waals surface area contributed by atoms with Gasteiger partial charge in [-0.2, -0.15) is 0 Å². The van der Waals surface area contributed by atoms with Crippen LogP contribution in [-0.2, 0) is 4.79 Å². The largest absolute Gasteiger partial charge is 0.550 e. The highest BCUT2D eigenvalue weighted by Gasteiger charge is 1.99. The molecule has 0 heterocycles. The number of carboxylic acids is 1. The summed E-state index contributed by atoms with van der Waals surface area (Å²) in [6, 6.07) is 0. The van der Waals surface area contributed by atoms with Crippen molar-refractivity contribution in [3.8, 4) is 0 Å². The number of rotatable bonds is 3. The van der Waals surface area contributed by atoms with Crippen LogP contribution in [0.4, 0.5) is 0 Å². The second kappa shape index (κ2) is 3.69. The number of carbonyl (C=O) groups excluding carboxylic acids is 1. The number of aliphatic hydroxyl groups is 1. The normalized spacial score (nSPS) is 13.2. The number of aliphatic hydroxyl groups excluding tert-OH is 1. The molecule has 4 heteroatoms. The molecule has 0 aliphatic heterocycles. The molecule has 0 radical (unpaired) electrons. The molecule has 1 atom stereocenters. The summed E-state index contributed by atoms with van der Waals surface area (Å²) in [6.45, 7) is 0. The fraction of sp³-hybridized carbons (Fsp3) is 0.750. The van der Waals surface area contributed by atoms with Crippen molar-refractivity contribution in [1.29, 1.82) is 0 Å². The van der Waals surface area contributed by atoms with Crippen LogP contribution in [-0.4, -0.2) is 23.1 Å². The highest BCUT2D eigenvalue weighted by atomic mass is 35.5. The maximum absolute atomic E-state index is 9.64. The molecule has 0 fully saturated rings. The summed E-state index contributed by atoms with van der Waals surface area (Å²) >= 11 is 5.05. The Morgan fingerprint density at radius 2 is 2.38 bits per heavy atom. The van der Waals surface area contributed by atoms with E-state index in [1.54, 1.807) is 0 Å². The molecular formula is C4H6ClO3-. The van der Waals surface area contributed by atoms with Gasteiger partial charge in [-0.15, -0.1) is 11.6 Å². The molecule has 0 aromatic carbocycles. The maximum Gasteiger partial charge on any atom is 0.0727 e. The van der Waals surface area contributed by atoms with E-state index in [4.69, 9.17) is 16.7 Å². The molecule has 0 aliphatic carbocycles. The van der Waals surface area contributed by atoms with Gasteiger partial charge >= 0.3 is 0 Å². The minimum Gasteiger partial charge on any atom is -0.550 e. The molecule has 0 aromatic heterocycles. The number of carboxylic acid groups (broad SMARTS) is 1. The van der Waals surface area contributed by atoms with E-state index < -0.39 is 12.1 Å². The lowest BCUT2D eigenvalue weighted by Crippen LogP contribution is -2.27. The van der Waals surface area contributed by atoms with Gasteiger partial charge in [-0.05, 0) is 0 Å². The zero-order chi connectivity index (χ0) is 6.57. The van der Waals surface area contributed by atoms with Crippen LogP contribution in [0.3, 0.4) is 0 Å². The van der Waals surface area contributed by atoms with Crippen LogP contribution in [0.1, 0.15) is 6.42 Å². The average Bonchev–Trinajstić information content (AvgIpc) is 1.65.